The van der Waals surface area contributed by atoms with E-state index in [9.17, 15) is 4.79 Å². The number of nitrogens with one attached hydrogen (secondary N) is 1. The average molecular weight is 363 g/mol. The molecule has 8 nitrogen and oxygen atoms in total. The molecule has 0 fully saturated rings. The van der Waals surface area contributed by atoms with Gasteiger partial charge in [0.2, 0.25) is 5.91 Å². The molecule has 0 bridgehead atoms. The van der Waals surface area contributed by atoms with Crippen molar-refractivity contribution < 1.29 is 4.79 Å². The van der Waals surface area contributed by atoms with Gasteiger partial charge in [0.05, 0.1) is 36.1 Å². The van der Waals surface area contributed by atoms with Crippen LogP contribution in [0.5, 0.6) is 0 Å². The molecule has 3 rings (SSSR count). The molecule has 1 N–H and O–H groups in total. The van der Waals surface area contributed by atoms with Gasteiger partial charge in [-0.05, 0) is 38.0 Å². The molecule has 1 amide bonds. The first kappa shape index (κ1) is 18.3. The molecule has 0 radical (unpaired) electrons. The molecule has 2 aromatic heterocycles. The van der Waals surface area contributed by atoms with Gasteiger partial charge < -0.3 is 5.32 Å². The molecule has 0 aliphatic heterocycles. The van der Waals surface area contributed by atoms with E-state index in [0.29, 0.717) is 31.5 Å². The van der Waals surface area contributed by atoms with Gasteiger partial charge in [-0.15, -0.1) is 0 Å². The third-order valence-electron chi connectivity index (χ3n) is 4.41. The van der Waals surface area contributed by atoms with Crippen LogP contribution in [0, 0.1) is 25.2 Å². The van der Waals surface area contributed by atoms with Crippen LogP contribution >= 0.6 is 0 Å². The van der Waals surface area contributed by atoms with Crippen molar-refractivity contribution in [2.45, 2.75) is 39.7 Å². The van der Waals surface area contributed by atoms with Crippen LogP contribution in [-0.2, 0) is 17.8 Å². The summed E-state index contributed by atoms with van der Waals surface area (Å²) in [5, 5.41) is 20.3. The van der Waals surface area contributed by atoms with Gasteiger partial charge in [-0.1, -0.05) is 12.1 Å². The smallest absolute Gasteiger partial charge is 0.224 e. The minimum absolute atomic E-state index is 0.0776. The molecular weight excluding hydrogens is 342 g/mol. The fraction of sp³-hybridized carbons (Fsp3) is 0.316. The van der Waals surface area contributed by atoms with E-state index in [1.807, 2.05) is 42.8 Å². The predicted molar refractivity (Wildman–Crippen MR) is 100 cm³/mol. The molecule has 138 valence electrons. The highest BCUT2D eigenvalue weighted by molar-refractivity contribution is 5.92. The number of carbonyl (C=O) groups is 1. The number of benzene rings is 1. The Hall–Kier alpha value is -3.47. The molecule has 3 aromatic rings. The van der Waals surface area contributed by atoms with Crippen LogP contribution in [0.3, 0.4) is 0 Å². The van der Waals surface area contributed by atoms with Gasteiger partial charge in [-0.2, -0.15) is 15.5 Å². The normalized spacial score (nSPS) is 10.6. The van der Waals surface area contributed by atoms with Crippen LogP contribution in [0.2, 0.25) is 0 Å². The average Bonchev–Trinajstić information content (AvgIpc) is 3.28. The number of aromatic nitrogens is 5. The van der Waals surface area contributed by atoms with E-state index in [0.717, 1.165) is 22.6 Å². The zero-order chi connectivity index (χ0) is 19.2. The van der Waals surface area contributed by atoms with Crippen molar-refractivity contribution in [2.24, 2.45) is 0 Å². The van der Waals surface area contributed by atoms with Gasteiger partial charge in [0, 0.05) is 12.1 Å². The van der Waals surface area contributed by atoms with E-state index in [1.165, 1.54) is 6.33 Å². The number of nitrogens with zero attached hydrogens (tertiary/aromatic N) is 6. The van der Waals surface area contributed by atoms with E-state index in [1.54, 1.807) is 11.0 Å². The number of hydrogen-bond donors (Lipinski definition) is 1. The summed E-state index contributed by atoms with van der Waals surface area (Å²) >= 11 is 0. The Labute approximate surface area is 157 Å². The Morgan fingerprint density at radius 1 is 1.30 bits per heavy atom. The van der Waals surface area contributed by atoms with Crippen molar-refractivity contribution in [1.29, 1.82) is 5.26 Å². The Morgan fingerprint density at radius 2 is 2.11 bits per heavy atom. The van der Waals surface area contributed by atoms with E-state index in [2.05, 4.69) is 26.6 Å². The van der Waals surface area contributed by atoms with Crippen LogP contribution in [-0.4, -0.2) is 30.5 Å². The van der Waals surface area contributed by atoms with Crippen molar-refractivity contribution in [3.63, 3.8) is 0 Å². The quantitative estimate of drug-likeness (QED) is 0.695. The third kappa shape index (κ3) is 4.20. The summed E-state index contributed by atoms with van der Waals surface area (Å²) in [6.07, 6.45) is 4.40. The van der Waals surface area contributed by atoms with Crippen molar-refractivity contribution in [3.8, 4) is 11.8 Å². The SMILES string of the molecule is Cc1nn(CCC#N)c(C)c1CCC(=O)Nc1ccccc1-n1cncn1. The summed E-state index contributed by atoms with van der Waals surface area (Å²) in [6, 6.07) is 9.59. The van der Waals surface area contributed by atoms with Crippen LogP contribution in [0.4, 0.5) is 5.69 Å². The van der Waals surface area contributed by atoms with E-state index in [4.69, 9.17) is 5.26 Å². The number of rotatable bonds is 7. The second kappa shape index (κ2) is 8.27. The molecule has 0 atom stereocenters. The van der Waals surface area contributed by atoms with E-state index >= 15 is 0 Å². The number of anilines is 1. The minimum Gasteiger partial charge on any atom is -0.324 e. The number of amides is 1. The van der Waals surface area contributed by atoms with Crippen molar-refractivity contribution >= 4 is 11.6 Å². The fourth-order valence-corrected chi connectivity index (χ4v) is 3.03. The summed E-state index contributed by atoms with van der Waals surface area (Å²) in [4.78, 5) is 16.4. The van der Waals surface area contributed by atoms with Gasteiger partial charge >= 0.3 is 0 Å². The second-order valence-corrected chi connectivity index (χ2v) is 6.19. The number of para-hydroxylation sites is 2. The number of hydrogen-bond acceptors (Lipinski definition) is 5. The first-order valence-electron chi connectivity index (χ1n) is 8.74. The Balaban J connectivity index is 1.67. The molecule has 0 aliphatic carbocycles. The van der Waals surface area contributed by atoms with E-state index < -0.39 is 0 Å². The summed E-state index contributed by atoms with van der Waals surface area (Å²) in [5.41, 5.74) is 4.43. The highest BCUT2D eigenvalue weighted by Crippen LogP contribution is 2.20. The largest absolute Gasteiger partial charge is 0.324 e. The number of aryl methyl sites for hydroxylation is 2. The second-order valence-electron chi connectivity index (χ2n) is 6.19. The zero-order valence-electron chi connectivity index (χ0n) is 15.4. The third-order valence-corrected chi connectivity index (χ3v) is 4.41. The molecule has 0 aliphatic rings. The van der Waals surface area contributed by atoms with Gasteiger partial charge in [0.15, 0.2) is 0 Å². The lowest BCUT2D eigenvalue weighted by Gasteiger charge is -2.10. The zero-order valence-corrected chi connectivity index (χ0v) is 15.4. The maximum Gasteiger partial charge on any atom is 0.224 e. The molecular formula is C19H21N7O. The number of carbonyl (C=O) groups excluding carboxylic acids is 1. The first-order valence-corrected chi connectivity index (χ1v) is 8.74. The lowest BCUT2D eigenvalue weighted by atomic mass is 10.1. The van der Waals surface area contributed by atoms with Gasteiger partial charge in [-0.25, -0.2) is 9.67 Å². The Bertz CT molecular complexity index is 967. The molecule has 27 heavy (non-hydrogen) atoms. The fourth-order valence-electron chi connectivity index (χ4n) is 3.03. The monoisotopic (exact) mass is 363 g/mol. The summed E-state index contributed by atoms with van der Waals surface area (Å²) in [5.74, 6) is -0.0776. The highest BCUT2D eigenvalue weighted by Gasteiger charge is 2.14. The molecule has 0 unspecified atom stereocenters. The van der Waals surface area contributed by atoms with E-state index in [-0.39, 0.29) is 5.91 Å². The highest BCUT2D eigenvalue weighted by atomic mass is 16.1. The molecule has 8 heteroatoms. The first-order chi connectivity index (χ1) is 13.1. The van der Waals surface area contributed by atoms with Crippen molar-refractivity contribution in [1.82, 2.24) is 24.5 Å². The summed E-state index contributed by atoms with van der Waals surface area (Å²) in [7, 11) is 0. The molecule has 0 saturated carbocycles. The molecule has 0 saturated heterocycles. The maximum atomic E-state index is 12.5. The lowest BCUT2D eigenvalue weighted by Crippen LogP contribution is -2.14. The van der Waals surface area contributed by atoms with Crippen LogP contribution in [0.15, 0.2) is 36.9 Å². The van der Waals surface area contributed by atoms with Crippen LogP contribution in [0.25, 0.3) is 5.69 Å². The van der Waals surface area contributed by atoms with Crippen LogP contribution in [0.1, 0.15) is 29.8 Å². The van der Waals surface area contributed by atoms with Gasteiger partial charge in [-0.3, -0.25) is 9.48 Å². The van der Waals surface area contributed by atoms with Gasteiger partial charge in [0.25, 0.3) is 0 Å². The minimum atomic E-state index is -0.0776. The molecule has 1 aromatic carbocycles. The summed E-state index contributed by atoms with van der Waals surface area (Å²) in [6.45, 7) is 4.48. The Morgan fingerprint density at radius 3 is 2.85 bits per heavy atom. The predicted octanol–water partition coefficient (Wildman–Crippen LogP) is 2.57. The van der Waals surface area contributed by atoms with Gasteiger partial charge in [0.1, 0.15) is 12.7 Å². The van der Waals surface area contributed by atoms with Crippen molar-refractivity contribution in [3.05, 3.63) is 53.9 Å². The van der Waals surface area contributed by atoms with Crippen LogP contribution < -0.4 is 5.32 Å². The molecule has 2 heterocycles. The number of nitriles is 1. The lowest BCUT2D eigenvalue weighted by molar-refractivity contribution is -0.116. The summed E-state index contributed by atoms with van der Waals surface area (Å²) < 4.78 is 3.45. The Kier molecular flexibility index (Phi) is 5.61. The topological polar surface area (TPSA) is 101 Å². The van der Waals surface area contributed by atoms with Crippen molar-refractivity contribution in [2.75, 3.05) is 5.32 Å². The maximum absolute atomic E-state index is 12.5. The standard InChI is InChI=1S/C19H21N7O/c1-14-16(15(2)25(24-14)11-5-10-20)8-9-19(27)23-17-6-3-4-7-18(17)26-13-21-12-22-26/h3-4,6-7,12-13H,5,8-9,11H2,1-2H3,(H,23,27). The molecule has 0 spiro atoms.